The lowest BCUT2D eigenvalue weighted by molar-refractivity contribution is -0.0172. The molecule has 1 aliphatic heterocycles. The summed E-state index contributed by atoms with van der Waals surface area (Å²) in [6, 6.07) is 0. The molecule has 28 heavy (non-hydrogen) atoms. The quantitative estimate of drug-likeness (QED) is 0.351. The summed E-state index contributed by atoms with van der Waals surface area (Å²) in [5, 5.41) is 3.42. The van der Waals surface area contributed by atoms with Gasteiger partial charge in [-0.05, 0) is 23.7 Å². The van der Waals surface area contributed by atoms with E-state index in [4.69, 9.17) is 14.7 Å². The highest BCUT2D eigenvalue weighted by atomic mass is 28.4. The van der Waals surface area contributed by atoms with E-state index in [2.05, 4.69) is 45.7 Å². The van der Waals surface area contributed by atoms with Crippen LogP contribution in [0, 0.1) is 0 Å². The summed E-state index contributed by atoms with van der Waals surface area (Å²) in [6.07, 6.45) is -1.75. The molecule has 0 spiro atoms. The zero-order chi connectivity index (χ0) is 20.7. The van der Waals surface area contributed by atoms with Crippen molar-refractivity contribution < 1.29 is 13.6 Å². The molecule has 0 unspecified atom stereocenters. The van der Waals surface area contributed by atoms with Gasteiger partial charge in [0.25, 0.3) is 5.56 Å². The van der Waals surface area contributed by atoms with E-state index in [1.807, 2.05) is 13.1 Å². The highest BCUT2D eigenvalue weighted by Crippen LogP contribution is 2.42. The molecule has 12 heteroatoms. The first-order valence-electron chi connectivity index (χ1n) is 8.95. The Kier molecular flexibility index (Phi) is 5.32. The van der Waals surface area contributed by atoms with Gasteiger partial charge in [-0.15, -0.1) is 0 Å². The Morgan fingerprint density at radius 2 is 2.18 bits per heavy atom. The van der Waals surface area contributed by atoms with Crippen LogP contribution in [0.2, 0.25) is 18.1 Å². The Labute approximate surface area is 161 Å². The van der Waals surface area contributed by atoms with Crippen LogP contribution in [0.15, 0.2) is 22.6 Å². The molecule has 3 heterocycles. The van der Waals surface area contributed by atoms with E-state index in [9.17, 15) is 4.79 Å². The number of nitrogens with zero attached hydrogens (tertiary/aromatic N) is 6. The fourth-order valence-corrected chi connectivity index (χ4v) is 4.20. The Bertz CT molecular complexity index is 963. The number of aromatic amines is 1. The maximum Gasteiger partial charge on any atom is 0.278 e. The summed E-state index contributed by atoms with van der Waals surface area (Å²) in [5.74, 6) is 0. The van der Waals surface area contributed by atoms with Crippen LogP contribution in [0.3, 0.4) is 0 Å². The number of fused-ring (bicyclic) bond motifs is 1. The Morgan fingerprint density at radius 1 is 1.46 bits per heavy atom. The summed E-state index contributed by atoms with van der Waals surface area (Å²) < 4.78 is 29.0. The molecule has 2 aromatic rings. The van der Waals surface area contributed by atoms with Crippen LogP contribution < -0.4 is 5.56 Å². The number of alkyl halides is 1. The molecular formula is C16H24FN7O3Si. The molecule has 1 saturated heterocycles. The van der Waals surface area contributed by atoms with Crippen LogP contribution >= 0.6 is 0 Å². The molecule has 4 atom stereocenters. The summed E-state index contributed by atoms with van der Waals surface area (Å²) in [5.41, 5.74) is 8.57. The monoisotopic (exact) mass is 409 g/mol. The Morgan fingerprint density at radius 3 is 2.82 bits per heavy atom. The number of H-pyrrole nitrogens is 1. The van der Waals surface area contributed by atoms with Gasteiger partial charge in [-0.1, -0.05) is 25.9 Å². The first kappa shape index (κ1) is 20.5. The lowest BCUT2D eigenvalue weighted by Crippen LogP contribution is -2.48. The van der Waals surface area contributed by atoms with Gasteiger partial charge < -0.3 is 14.1 Å². The highest BCUT2D eigenvalue weighted by Gasteiger charge is 2.51. The Balaban J connectivity index is 1.97. The number of halogens is 1. The number of hydrogen-bond acceptors (Lipinski definition) is 6. The fraction of sp³-hybridized carbons (Fsp3) is 0.688. The topological polar surface area (TPSA) is 131 Å². The van der Waals surface area contributed by atoms with E-state index >= 15 is 4.39 Å². The van der Waals surface area contributed by atoms with Gasteiger partial charge in [0.1, 0.15) is 6.10 Å². The molecule has 0 bridgehead atoms. The number of imidazole rings is 1. The lowest BCUT2D eigenvalue weighted by atomic mass is 10.1. The summed E-state index contributed by atoms with van der Waals surface area (Å²) in [4.78, 5) is 25.2. The van der Waals surface area contributed by atoms with Crippen LogP contribution in [0.5, 0.6) is 0 Å². The predicted molar refractivity (Wildman–Crippen MR) is 103 cm³/mol. The van der Waals surface area contributed by atoms with Crippen molar-refractivity contribution in [1.29, 1.82) is 0 Å². The van der Waals surface area contributed by atoms with Gasteiger partial charge in [-0.3, -0.25) is 9.36 Å². The van der Waals surface area contributed by atoms with Gasteiger partial charge >= 0.3 is 0 Å². The van der Waals surface area contributed by atoms with Gasteiger partial charge in [0.2, 0.25) is 0 Å². The van der Waals surface area contributed by atoms with Crippen molar-refractivity contribution in [2.75, 3.05) is 6.54 Å². The van der Waals surface area contributed by atoms with E-state index in [0.717, 1.165) is 0 Å². The number of hydrogen-bond donors (Lipinski definition) is 1. The summed E-state index contributed by atoms with van der Waals surface area (Å²) >= 11 is 0. The van der Waals surface area contributed by atoms with Crippen LogP contribution in [0.1, 0.15) is 27.0 Å². The summed E-state index contributed by atoms with van der Waals surface area (Å²) in [6.45, 7) is 10.1. The van der Waals surface area contributed by atoms with Gasteiger partial charge in [-0.2, -0.15) is 0 Å². The third-order valence-electron chi connectivity index (χ3n) is 5.47. The van der Waals surface area contributed by atoms with Gasteiger partial charge in [0.15, 0.2) is 31.9 Å². The zero-order valence-electron chi connectivity index (χ0n) is 16.5. The molecule has 1 fully saturated rings. The minimum Gasteiger partial charge on any atom is -0.408 e. The smallest absolute Gasteiger partial charge is 0.278 e. The first-order valence-corrected chi connectivity index (χ1v) is 11.9. The van der Waals surface area contributed by atoms with Crippen LogP contribution in [0.25, 0.3) is 21.6 Å². The van der Waals surface area contributed by atoms with E-state index < -0.39 is 38.5 Å². The minimum atomic E-state index is -2.32. The maximum atomic E-state index is 15.5. The molecule has 0 amide bonds. The standard InChI is InChI=1S/C16H24FN7O3Si/c1-16(2,3)28(4,5)27-12-9(6-22-23-18)26-15(10(12)17)24-8-21-11-13(24)19-7-20-14(11)25/h7-10,12,15H,6H2,1-5H3,(H,19,20,25)/t9-,10-,12-,15-/m1/s1. The van der Waals surface area contributed by atoms with Gasteiger partial charge in [0, 0.05) is 4.91 Å². The average molecular weight is 409 g/mol. The second-order valence-electron chi connectivity index (χ2n) is 8.32. The first-order chi connectivity index (χ1) is 13.1. The number of ether oxygens (including phenoxy) is 1. The molecular weight excluding hydrogens is 385 g/mol. The third-order valence-corrected chi connectivity index (χ3v) is 9.94. The van der Waals surface area contributed by atoms with Crippen molar-refractivity contribution in [3.63, 3.8) is 0 Å². The van der Waals surface area contributed by atoms with Crippen molar-refractivity contribution in [2.45, 2.75) is 63.5 Å². The second kappa shape index (κ2) is 7.28. The molecule has 10 nitrogen and oxygen atoms in total. The van der Waals surface area contributed by atoms with Crippen LogP contribution in [-0.4, -0.2) is 52.8 Å². The SMILES string of the molecule is CC(C)(C)[Si](C)(C)O[C@H]1[C@@H](F)[C@H](n2cnc3c(=O)[nH]cnc32)O[C@@H]1CN=[N+]=[N-]. The minimum absolute atomic E-state index is 0.0622. The molecule has 0 aliphatic carbocycles. The van der Waals surface area contributed by atoms with Crippen molar-refractivity contribution >= 4 is 19.5 Å². The van der Waals surface area contributed by atoms with Crippen LogP contribution in [-0.2, 0) is 9.16 Å². The van der Waals surface area contributed by atoms with Crippen molar-refractivity contribution in [3.05, 3.63) is 33.5 Å². The van der Waals surface area contributed by atoms with Crippen LogP contribution in [0.4, 0.5) is 4.39 Å². The fourth-order valence-electron chi connectivity index (χ4n) is 2.89. The number of rotatable bonds is 5. The normalized spacial score (nSPS) is 25.8. The Hall–Kier alpha value is -2.27. The molecule has 1 aliphatic rings. The van der Waals surface area contributed by atoms with E-state index in [1.54, 1.807) is 0 Å². The third kappa shape index (κ3) is 3.55. The van der Waals surface area contributed by atoms with Crippen molar-refractivity contribution in [2.24, 2.45) is 5.11 Å². The maximum absolute atomic E-state index is 15.5. The van der Waals surface area contributed by atoms with Gasteiger partial charge in [0.05, 0.1) is 25.3 Å². The molecule has 152 valence electrons. The number of aromatic nitrogens is 4. The van der Waals surface area contributed by atoms with E-state index in [0.29, 0.717) is 0 Å². The largest absolute Gasteiger partial charge is 0.408 e. The van der Waals surface area contributed by atoms with Crippen molar-refractivity contribution in [1.82, 2.24) is 19.5 Å². The van der Waals surface area contributed by atoms with E-state index in [1.165, 1.54) is 17.2 Å². The average Bonchev–Trinajstić information content (AvgIpc) is 3.15. The molecule has 1 N–H and O–H groups in total. The molecule has 0 saturated carbocycles. The second-order valence-corrected chi connectivity index (χ2v) is 13.1. The zero-order valence-corrected chi connectivity index (χ0v) is 17.5. The highest BCUT2D eigenvalue weighted by molar-refractivity contribution is 6.74. The van der Waals surface area contributed by atoms with Crippen molar-refractivity contribution in [3.8, 4) is 0 Å². The molecule has 0 aromatic carbocycles. The predicted octanol–water partition coefficient (Wildman–Crippen LogP) is 3.06. The number of azide groups is 1. The van der Waals surface area contributed by atoms with E-state index in [-0.39, 0.29) is 22.7 Å². The molecule has 2 aromatic heterocycles. The summed E-state index contributed by atoms with van der Waals surface area (Å²) in [7, 11) is -2.32. The molecule has 0 radical (unpaired) electrons. The molecule has 3 rings (SSSR count). The number of nitrogens with one attached hydrogen (secondary N) is 1. The van der Waals surface area contributed by atoms with Gasteiger partial charge in [-0.25, -0.2) is 14.4 Å². The lowest BCUT2D eigenvalue weighted by Gasteiger charge is -2.39.